The van der Waals surface area contributed by atoms with Crippen molar-refractivity contribution >= 4 is 33.9 Å². The molecule has 41 heavy (non-hydrogen) atoms. The lowest BCUT2D eigenvalue weighted by Gasteiger charge is -2.37. The van der Waals surface area contributed by atoms with E-state index in [-0.39, 0.29) is 0 Å². The normalized spacial score (nSPS) is 19.5. The van der Waals surface area contributed by atoms with Gasteiger partial charge in [-0.05, 0) is 69.0 Å². The Kier molecular flexibility index (Phi) is 8.78. The highest BCUT2D eigenvalue weighted by molar-refractivity contribution is 6.36. The summed E-state index contributed by atoms with van der Waals surface area (Å²) in [4.78, 5) is 17.3. The smallest absolute Gasteiger partial charge is 0.318 e. The fourth-order valence-electron chi connectivity index (χ4n) is 7.02. The van der Waals surface area contributed by atoms with E-state index in [4.69, 9.17) is 26.3 Å². The van der Waals surface area contributed by atoms with E-state index in [0.29, 0.717) is 31.5 Å². The standard InChI is InChI=1S/C33H41ClN6O/c1-38(26-11-2-3-12-26)18-7-21-41-33-36-29-23-39(30-14-5-10-25-9-4-13-28(34)31(25)30)20-16-27(29)32(37-33)40-19-6-8-24(22-40)15-17-35/h4-5,9-10,13-14,24,26H,2-3,6-8,11-12,15-16,18-23H2,1H3/t24-/m1/s1. The molecule has 1 aromatic heterocycles. The monoisotopic (exact) mass is 572 g/mol. The van der Waals surface area contributed by atoms with Gasteiger partial charge < -0.3 is 19.4 Å². The summed E-state index contributed by atoms with van der Waals surface area (Å²) in [7, 11) is 2.24. The molecule has 0 unspecified atom stereocenters. The highest BCUT2D eigenvalue weighted by Crippen LogP contribution is 2.37. The molecular formula is C33H41ClN6O. The molecule has 216 valence electrons. The molecule has 0 N–H and O–H groups in total. The van der Waals surface area contributed by atoms with E-state index in [1.165, 1.54) is 31.2 Å². The number of benzene rings is 2. The topological polar surface area (TPSA) is 68.5 Å². The number of aromatic nitrogens is 2. The highest BCUT2D eigenvalue weighted by atomic mass is 35.5. The lowest BCUT2D eigenvalue weighted by molar-refractivity contribution is 0.210. The third-order valence-electron chi connectivity index (χ3n) is 9.23. The molecule has 0 radical (unpaired) electrons. The number of fused-ring (bicyclic) bond motifs is 2. The second kappa shape index (κ2) is 12.8. The zero-order valence-electron chi connectivity index (χ0n) is 24.2. The molecule has 0 bridgehead atoms. The van der Waals surface area contributed by atoms with Gasteiger partial charge in [0.1, 0.15) is 5.82 Å². The maximum atomic E-state index is 9.34. The van der Waals surface area contributed by atoms with Crippen LogP contribution in [0, 0.1) is 17.2 Å². The maximum absolute atomic E-state index is 9.34. The highest BCUT2D eigenvalue weighted by Gasteiger charge is 2.29. The fourth-order valence-corrected chi connectivity index (χ4v) is 7.30. The zero-order chi connectivity index (χ0) is 28.2. The van der Waals surface area contributed by atoms with Gasteiger partial charge in [-0.3, -0.25) is 0 Å². The molecule has 7 nitrogen and oxygen atoms in total. The number of rotatable bonds is 9. The van der Waals surface area contributed by atoms with Gasteiger partial charge in [0.25, 0.3) is 0 Å². The van der Waals surface area contributed by atoms with Crippen LogP contribution in [0.1, 0.15) is 62.6 Å². The molecule has 3 heterocycles. The summed E-state index contributed by atoms with van der Waals surface area (Å²) < 4.78 is 6.25. The Hall–Kier alpha value is -3.08. The predicted molar refractivity (Wildman–Crippen MR) is 166 cm³/mol. The van der Waals surface area contributed by atoms with E-state index < -0.39 is 0 Å². The van der Waals surface area contributed by atoms with E-state index in [0.717, 1.165) is 90.9 Å². The summed E-state index contributed by atoms with van der Waals surface area (Å²) in [5.74, 6) is 1.39. The van der Waals surface area contributed by atoms with Crippen LogP contribution in [0.4, 0.5) is 11.5 Å². The van der Waals surface area contributed by atoms with Crippen molar-refractivity contribution in [3.63, 3.8) is 0 Å². The lowest BCUT2D eigenvalue weighted by atomic mass is 9.94. The second-order valence-electron chi connectivity index (χ2n) is 12.0. The van der Waals surface area contributed by atoms with Crippen molar-refractivity contribution in [2.45, 2.75) is 70.4 Å². The molecule has 2 fully saturated rings. The average molecular weight is 573 g/mol. The SMILES string of the molecule is CN(CCCOc1nc2c(c(N3CCC[C@H](CC#N)C3)n1)CCN(c1cccc3cccc(Cl)c13)C2)C1CCCC1. The number of nitriles is 1. The number of halogens is 1. The maximum Gasteiger partial charge on any atom is 0.318 e. The van der Waals surface area contributed by atoms with Crippen molar-refractivity contribution in [2.75, 3.05) is 49.6 Å². The Balaban J connectivity index is 1.25. The first-order valence-electron chi connectivity index (χ1n) is 15.4. The van der Waals surface area contributed by atoms with E-state index in [9.17, 15) is 5.26 Å². The Morgan fingerprint density at radius 2 is 1.88 bits per heavy atom. The van der Waals surface area contributed by atoms with Crippen molar-refractivity contribution in [2.24, 2.45) is 5.92 Å². The van der Waals surface area contributed by atoms with Crippen molar-refractivity contribution in [3.05, 3.63) is 52.7 Å². The number of piperidine rings is 1. The Bertz CT molecular complexity index is 1400. The third-order valence-corrected chi connectivity index (χ3v) is 9.54. The minimum Gasteiger partial charge on any atom is -0.463 e. The molecule has 6 rings (SSSR count). The molecule has 1 saturated heterocycles. The molecule has 3 aliphatic rings. The average Bonchev–Trinajstić information content (AvgIpc) is 3.54. The summed E-state index contributed by atoms with van der Waals surface area (Å²) in [5, 5.41) is 12.4. The van der Waals surface area contributed by atoms with E-state index in [2.05, 4.69) is 52.1 Å². The van der Waals surface area contributed by atoms with E-state index >= 15 is 0 Å². The molecule has 0 amide bonds. The minimum absolute atomic E-state index is 0.382. The van der Waals surface area contributed by atoms with Gasteiger partial charge in [-0.1, -0.05) is 48.7 Å². The number of hydrogen-bond donors (Lipinski definition) is 0. The van der Waals surface area contributed by atoms with Crippen LogP contribution in [0.25, 0.3) is 10.8 Å². The second-order valence-corrected chi connectivity index (χ2v) is 12.4. The number of nitrogens with zero attached hydrogens (tertiary/aromatic N) is 6. The van der Waals surface area contributed by atoms with Gasteiger partial charge in [0.05, 0.1) is 29.9 Å². The minimum atomic E-state index is 0.382. The summed E-state index contributed by atoms with van der Waals surface area (Å²) in [6, 6.07) is 16.1. The van der Waals surface area contributed by atoms with Gasteiger partial charge in [0.15, 0.2) is 0 Å². The van der Waals surface area contributed by atoms with Crippen LogP contribution in [0.5, 0.6) is 6.01 Å². The molecule has 2 aliphatic heterocycles. The first kappa shape index (κ1) is 28.1. The van der Waals surface area contributed by atoms with Crippen LogP contribution >= 0.6 is 11.6 Å². The van der Waals surface area contributed by atoms with Crippen molar-refractivity contribution in [1.82, 2.24) is 14.9 Å². The van der Waals surface area contributed by atoms with Crippen molar-refractivity contribution in [3.8, 4) is 12.1 Å². The van der Waals surface area contributed by atoms with Crippen molar-refractivity contribution < 1.29 is 4.74 Å². The number of hydrogen-bond acceptors (Lipinski definition) is 7. The van der Waals surface area contributed by atoms with Gasteiger partial charge in [-0.25, -0.2) is 0 Å². The van der Waals surface area contributed by atoms with E-state index in [1.807, 2.05) is 12.1 Å². The first-order chi connectivity index (χ1) is 20.1. The van der Waals surface area contributed by atoms with Crippen LogP contribution in [0.15, 0.2) is 36.4 Å². The predicted octanol–water partition coefficient (Wildman–Crippen LogP) is 6.62. The van der Waals surface area contributed by atoms with Gasteiger partial charge >= 0.3 is 6.01 Å². The van der Waals surface area contributed by atoms with Crippen LogP contribution in [-0.4, -0.2) is 60.7 Å². The van der Waals surface area contributed by atoms with Crippen LogP contribution in [0.3, 0.4) is 0 Å². The zero-order valence-corrected chi connectivity index (χ0v) is 25.0. The van der Waals surface area contributed by atoms with Gasteiger partial charge in [0, 0.05) is 55.3 Å². The largest absolute Gasteiger partial charge is 0.463 e. The quantitative estimate of drug-likeness (QED) is 0.267. The third kappa shape index (κ3) is 6.24. The molecule has 8 heteroatoms. The first-order valence-corrected chi connectivity index (χ1v) is 15.8. The van der Waals surface area contributed by atoms with Gasteiger partial charge in [-0.2, -0.15) is 15.2 Å². The van der Waals surface area contributed by atoms with E-state index in [1.54, 1.807) is 0 Å². The molecule has 0 spiro atoms. The molecule has 1 aliphatic carbocycles. The molecule has 1 atom stereocenters. The summed E-state index contributed by atoms with van der Waals surface area (Å²) in [6.07, 6.45) is 9.92. The Morgan fingerprint density at radius 1 is 1.05 bits per heavy atom. The molecule has 2 aromatic carbocycles. The fraction of sp³-hybridized carbons (Fsp3) is 0.545. The molecule has 1 saturated carbocycles. The van der Waals surface area contributed by atoms with Crippen LogP contribution < -0.4 is 14.5 Å². The Morgan fingerprint density at radius 3 is 2.71 bits per heavy atom. The lowest BCUT2D eigenvalue weighted by Crippen LogP contribution is -2.39. The number of anilines is 2. The Labute approximate surface area is 249 Å². The number of ether oxygens (including phenoxy) is 1. The molecule has 3 aromatic rings. The van der Waals surface area contributed by atoms with Crippen LogP contribution in [0.2, 0.25) is 5.02 Å². The van der Waals surface area contributed by atoms with Crippen LogP contribution in [-0.2, 0) is 13.0 Å². The summed E-state index contributed by atoms with van der Waals surface area (Å²) >= 11 is 6.70. The van der Waals surface area contributed by atoms with Gasteiger partial charge in [-0.15, -0.1) is 0 Å². The molecular weight excluding hydrogens is 532 g/mol. The van der Waals surface area contributed by atoms with Gasteiger partial charge in [0.2, 0.25) is 0 Å². The summed E-state index contributed by atoms with van der Waals surface area (Å²) in [5.41, 5.74) is 3.40. The van der Waals surface area contributed by atoms with Crippen molar-refractivity contribution in [1.29, 1.82) is 5.26 Å². The summed E-state index contributed by atoms with van der Waals surface area (Å²) in [6.45, 7) is 5.02.